The number of methoxy groups -OCH3 is 1. The van der Waals surface area contributed by atoms with Gasteiger partial charge in [0.1, 0.15) is 22.2 Å². The van der Waals surface area contributed by atoms with Gasteiger partial charge in [0.05, 0.1) is 19.0 Å². The zero-order valence-electron chi connectivity index (χ0n) is 14.9. The van der Waals surface area contributed by atoms with Gasteiger partial charge in [-0.1, -0.05) is 24.3 Å². The van der Waals surface area contributed by atoms with Crippen LogP contribution < -0.4 is 10.3 Å². The fraction of sp³-hybridized carbons (Fsp3) is 0.143. The van der Waals surface area contributed by atoms with Crippen molar-refractivity contribution in [1.29, 1.82) is 0 Å². The summed E-state index contributed by atoms with van der Waals surface area (Å²) in [7, 11) is 1.62. The second kappa shape index (κ2) is 6.96. The SMILES string of the molecule is COc1ccc(-c2csc3nc(C)n(Cc4ccc(F)cc4)c(=O)c23)cc1. The van der Waals surface area contributed by atoms with Crippen molar-refractivity contribution >= 4 is 21.6 Å². The number of ether oxygens (including phenoxy) is 1. The van der Waals surface area contributed by atoms with Gasteiger partial charge in [-0.15, -0.1) is 11.3 Å². The van der Waals surface area contributed by atoms with Crippen molar-refractivity contribution in [3.63, 3.8) is 0 Å². The first kappa shape index (κ1) is 17.4. The highest BCUT2D eigenvalue weighted by Crippen LogP contribution is 2.32. The van der Waals surface area contributed by atoms with Gasteiger partial charge in [-0.2, -0.15) is 0 Å². The number of benzene rings is 2. The molecule has 0 N–H and O–H groups in total. The zero-order valence-corrected chi connectivity index (χ0v) is 15.7. The largest absolute Gasteiger partial charge is 0.497 e. The number of hydrogen-bond acceptors (Lipinski definition) is 4. The van der Waals surface area contributed by atoms with Crippen LogP contribution in [-0.2, 0) is 6.54 Å². The van der Waals surface area contributed by atoms with Gasteiger partial charge in [0.25, 0.3) is 5.56 Å². The molecule has 0 fully saturated rings. The van der Waals surface area contributed by atoms with Gasteiger partial charge in [-0.25, -0.2) is 9.37 Å². The van der Waals surface area contributed by atoms with E-state index in [1.807, 2.05) is 36.6 Å². The van der Waals surface area contributed by atoms with E-state index in [1.54, 1.807) is 23.8 Å². The predicted octanol–water partition coefficient (Wildman–Crippen LogP) is 4.63. The smallest absolute Gasteiger partial charge is 0.263 e. The molecule has 6 heteroatoms. The van der Waals surface area contributed by atoms with E-state index in [2.05, 4.69) is 4.98 Å². The molecule has 0 bridgehead atoms. The standard InChI is InChI=1S/C21H17FN2O2S/c1-13-23-20-19(18(12-27-20)15-5-9-17(26-2)10-6-15)21(25)24(13)11-14-3-7-16(22)8-4-14/h3-10,12H,11H2,1-2H3. The highest BCUT2D eigenvalue weighted by Gasteiger charge is 2.15. The second-order valence-corrected chi connectivity index (χ2v) is 7.09. The number of nitrogens with zero attached hydrogens (tertiary/aromatic N) is 2. The third-order valence-corrected chi connectivity index (χ3v) is 5.41. The second-order valence-electron chi connectivity index (χ2n) is 6.23. The van der Waals surface area contributed by atoms with Gasteiger partial charge in [0.15, 0.2) is 0 Å². The van der Waals surface area contributed by atoms with Crippen LogP contribution in [0, 0.1) is 12.7 Å². The lowest BCUT2D eigenvalue weighted by Gasteiger charge is -2.10. The highest BCUT2D eigenvalue weighted by atomic mass is 32.1. The molecule has 4 nitrogen and oxygen atoms in total. The molecule has 0 atom stereocenters. The van der Waals surface area contributed by atoms with E-state index in [1.165, 1.54) is 23.5 Å². The monoisotopic (exact) mass is 380 g/mol. The van der Waals surface area contributed by atoms with Crippen LogP contribution in [0.2, 0.25) is 0 Å². The van der Waals surface area contributed by atoms with Gasteiger partial charge >= 0.3 is 0 Å². The number of fused-ring (bicyclic) bond motifs is 1. The van der Waals surface area contributed by atoms with Crippen LogP contribution in [0.1, 0.15) is 11.4 Å². The molecule has 0 amide bonds. The molecule has 0 aliphatic rings. The maximum atomic E-state index is 13.2. The molecular weight excluding hydrogens is 363 g/mol. The molecule has 2 aromatic carbocycles. The zero-order chi connectivity index (χ0) is 19.0. The third-order valence-electron chi connectivity index (χ3n) is 4.54. The average molecular weight is 380 g/mol. The molecule has 0 aliphatic carbocycles. The molecule has 0 unspecified atom stereocenters. The average Bonchev–Trinajstić information content (AvgIpc) is 3.10. The lowest BCUT2D eigenvalue weighted by Crippen LogP contribution is -2.24. The summed E-state index contributed by atoms with van der Waals surface area (Å²) < 4.78 is 20.0. The van der Waals surface area contributed by atoms with Crippen molar-refractivity contribution in [3.8, 4) is 16.9 Å². The quantitative estimate of drug-likeness (QED) is 0.518. The molecule has 2 aromatic heterocycles. The Hall–Kier alpha value is -2.99. The molecule has 0 saturated carbocycles. The van der Waals surface area contributed by atoms with Crippen LogP contribution >= 0.6 is 11.3 Å². The van der Waals surface area contributed by atoms with E-state index in [9.17, 15) is 9.18 Å². The normalized spacial score (nSPS) is 11.1. The van der Waals surface area contributed by atoms with E-state index < -0.39 is 0 Å². The summed E-state index contributed by atoms with van der Waals surface area (Å²) in [5, 5.41) is 2.57. The maximum Gasteiger partial charge on any atom is 0.263 e. The Balaban J connectivity index is 1.83. The first-order valence-electron chi connectivity index (χ1n) is 8.44. The number of aryl methyl sites for hydroxylation is 1. The third kappa shape index (κ3) is 3.24. The summed E-state index contributed by atoms with van der Waals surface area (Å²) in [6.45, 7) is 2.17. The number of rotatable bonds is 4. The van der Waals surface area contributed by atoms with Gasteiger partial charge < -0.3 is 4.74 Å². The minimum absolute atomic E-state index is 0.0890. The summed E-state index contributed by atoms with van der Waals surface area (Å²) in [5.41, 5.74) is 2.57. The van der Waals surface area contributed by atoms with E-state index in [4.69, 9.17) is 4.74 Å². The maximum absolute atomic E-state index is 13.2. The van der Waals surface area contributed by atoms with Crippen LogP contribution in [0.3, 0.4) is 0 Å². The van der Waals surface area contributed by atoms with Crippen molar-refractivity contribution in [3.05, 3.63) is 81.5 Å². The first-order chi connectivity index (χ1) is 13.1. The fourth-order valence-corrected chi connectivity index (χ4v) is 4.05. The Labute approximate surface area is 159 Å². The Morgan fingerprint density at radius 1 is 1.11 bits per heavy atom. The summed E-state index contributed by atoms with van der Waals surface area (Å²) in [5.74, 6) is 1.11. The van der Waals surface area contributed by atoms with Crippen molar-refractivity contribution in [2.75, 3.05) is 7.11 Å². The van der Waals surface area contributed by atoms with Gasteiger partial charge in [-0.3, -0.25) is 9.36 Å². The van der Waals surface area contributed by atoms with Crippen LogP contribution in [0.4, 0.5) is 4.39 Å². The molecular formula is C21H17FN2O2S. The van der Waals surface area contributed by atoms with E-state index in [0.29, 0.717) is 17.8 Å². The van der Waals surface area contributed by atoms with E-state index in [-0.39, 0.29) is 11.4 Å². The molecule has 27 heavy (non-hydrogen) atoms. The van der Waals surface area contributed by atoms with Crippen molar-refractivity contribution in [2.24, 2.45) is 0 Å². The minimum Gasteiger partial charge on any atom is -0.497 e. The predicted molar refractivity (Wildman–Crippen MR) is 106 cm³/mol. The molecule has 4 aromatic rings. The van der Waals surface area contributed by atoms with Crippen LogP contribution in [0.25, 0.3) is 21.3 Å². The Bertz CT molecular complexity index is 1160. The summed E-state index contributed by atoms with van der Waals surface area (Å²) in [6.07, 6.45) is 0. The molecule has 0 saturated heterocycles. The number of halogens is 1. The van der Waals surface area contributed by atoms with Gasteiger partial charge in [0.2, 0.25) is 0 Å². The summed E-state index contributed by atoms with van der Waals surface area (Å²) >= 11 is 1.46. The van der Waals surface area contributed by atoms with Crippen molar-refractivity contribution < 1.29 is 9.13 Å². The molecule has 136 valence electrons. The lowest BCUT2D eigenvalue weighted by molar-refractivity contribution is 0.415. The topological polar surface area (TPSA) is 44.1 Å². The summed E-state index contributed by atoms with van der Waals surface area (Å²) in [4.78, 5) is 18.6. The lowest BCUT2D eigenvalue weighted by atomic mass is 10.1. The van der Waals surface area contributed by atoms with Crippen molar-refractivity contribution in [2.45, 2.75) is 13.5 Å². The van der Waals surface area contributed by atoms with Crippen LogP contribution in [0.15, 0.2) is 58.7 Å². The Kier molecular flexibility index (Phi) is 4.49. The minimum atomic E-state index is -0.295. The van der Waals surface area contributed by atoms with Crippen molar-refractivity contribution in [1.82, 2.24) is 9.55 Å². The molecule has 0 aliphatic heterocycles. The molecule has 0 radical (unpaired) electrons. The number of thiophene rings is 1. The Morgan fingerprint density at radius 2 is 1.81 bits per heavy atom. The van der Waals surface area contributed by atoms with Gasteiger partial charge in [0, 0.05) is 10.9 Å². The number of hydrogen-bond donors (Lipinski definition) is 0. The fourth-order valence-electron chi connectivity index (χ4n) is 3.07. The number of aromatic nitrogens is 2. The highest BCUT2D eigenvalue weighted by molar-refractivity contribution is 7.17. The van der Waals surface area contributed by atoms with Crippen LogP contribution in [-0.4, -0.2) is 16.7 Å². The molecule has 2 heterocycles. The summed E-state index contributed by atoms with van der Waals surface area (Å²) in [6, 6.07) is 13.8. The van der Waals surface area contributed by atoms with Gasteiger partial charge in [-0.05, 0) is 42.3 Å². The Morgan fingerprint density at radius 3 is 2.48 bits per heavy atom. The molecule has 4 rings (SSSR count). The van der Waals surface area contributed by atoms with E-state index >= 15 is 0 Å². The first-order valence-corrected chi connectivity index (χ1v) is 9.32. The van der Waals surface area contributed by atoms with E-state index in [0.717, 1.165) is 27.3 Å². The molecule has 0 spiro atoms. The van der Waals surface area contributed by atoms with Crippen LogP contribution in [0.5, 0.6) is 5.75 Å².